The number of nitrogens with zero attached hydrogens (tertiary/aromatic N) is 3. The number of hydrogen-bond acceptors (Lipinski definition) is 4. The van der Waals surface area contributed by atoms with E-state index in [1.165, 1.54) is 5.56 Å². The van der Waals surface area contributed by atoms with E-state index in [-0.39, 0.29) is 17.6 Å². The Morgan fingerprint density at radius 1 is 1.48 bits per heavy atom. The summed E-state index contributed by atoms with van der Waals surface area (Å²) in [5.41, 5.74) is 1.91. The lowest BCUT2D eigenvalue weighted by Gasteiger charge is -2.26. The van der Waals surface area contributed by atoms with E-state index >= 15 is 0 Å². The lowest BCUT2D eigenvalue weighted by atomic mass is 9.88. The molecular formula is C17H30N4O2. The molecule has 2 rings (SSSR count). The van der Waals surface area contributed by atoms with Crippen molar-refractivity contribution in [3.63, 3.8) is 0 Å². The monoisotopic (exact) mass is 322 g/mol. The Kier molecular flexibility index (Phi) is 4.76. The molecule has 1 atom stereocenters. The van der Waals surface area contributed by atoms with Crippen molar-refractivity contribution in [3.8, 4) is 0 Å². The van der Waals surface area contributed by atoms with Gasteiger partial charge in [0.15, 0.2) is 0 Å². The minimum absolute atomic E-state index is 0.00696. The van der Waals surface area contributed by atoms with Gasteiger partial charge < -0.3 is 15.0 Å². The molecule has 1 saturated heterocycles. The van der Waals surface area contributed by atoms with E-state index < -0.39 is 5.60 Å². The van der Waals surface area contributed by atoms with Gasteiger partial charge in [0.2, 0.25) is 0 Å². The first-order valence-electron chi connectivity index (χ1n) is 8.18. The second kappa shape index (κ2) is 6.15. The summed E-state index contributed by atoms with van der Waals surface area (Å²) in [4.78, 5) is 14.1. The summed E-state index contributed by atoms with van der Waals surface area (Å²) < 4.78 is 7.37. The average molecular weight is 322 g/mol. The van der Waals surface area contributed by atoms with E-state index in [0.29, 0.717) is 13.1 Å². The molecule has 0 aromatic carbocycles. The molecule has 0 spiro atoms. The Balaban J connectivity index is 1.97. The summed E-state index contributed by atoms with van der Waals surface area (Å²) in [5, 5.41) is 7.86. The molecule has 0 radical (unpaired) electrons. The van der Waals surface area contributed by atoms with Crippen LogP contribution < -0.4 is 5.32 Å². The van der Waals surface area contributed by atoms with Crippen LogP contribution in [0, 0.1) is 12.3 Å². The SMILES string of the molecule is Cc1c(CN[C@H]2CN(C(=O)OC(C)(C)C)CC2(C)C)cnn1C. The van der Waals surface area contributed by atoms with Gasteiger partial charge in [-0.3, -0.25) is 4.68 Å². The molecule has 1 aromatic rings. The average Bonchev–Trinajstić information content (AvgIpc) is 2.87. The zero-order chi connectivity index (χ0) is 17.4. The Bertz CT molecular complexity index is 572. The predicted molar refractivity (Wildman–Crippen MR) is 90.2 cm³/mol. The molecule has 1 amide bonds. The van der Waals surface area contributed by atoms with Crippen LogP contribution in [0.4, 0.5) is 4.79 Å². The fourth-order valence-electron chi connectivity index (χ4n) is 2.89. The van der Waals surface area contributed by atoms with Crippen molar-refractivity contribution in [1.82, 2.24) is 20.0 Å². The van der Waals surface area contributed by atoms with Crippen molar-refractivity contribution in [2.24, 2.45) is 12.5 Å². The summed E-state index contributed by atoms with van der Waals surface area (Å²) >= 11 is 0. The third kappa shape index (κ3) is 4.25. The minimum atomic E-state index is -0.459. The van der Waals surface area contributed by atoms with E-state index in [9.17, 15) is 4.79 Å². The van der Waals surface area contributed by atoms with Crippen LogP contribution in [0.25, 0.3) is 0 Å². The number of aromatic nitrogens is 2. The molecule has 0 unspecified atom stereocenters. The van der Waals surface area contributed by atoms with Gasteiger partial charge in [-0.05, 0) is 33.1 Å². The second-order valence-electron chi connectivity index (χ2n) is 8.16. The second-order valence-corrected chi connectivity index (χ2v) is 8.16. The summed E-state index contributed by atoms with van der Waals surface area (Å²) in [7, 11) is 1.95. The largest absolute Gasteiger partial charge is 0.444 e. The third-order valence-corrected chi connectivity index (χ3v) is 4.47. The molecule has 23 heavy (non-hydrogen) atoms. The maximum atomic E-state index is 12.3. The number of hydrogen-bond donors (Lipinski definition) is 1. The molecule has 130 valence electrons. The molecule has 6 heteroatoms. The molecule has 0 bridgehead atoms. The van der Waals surface area contributed by atoms with Crippen molar-refractivity contribution in [3.05, 3.63) is 17.5 Å². The Morgan fingerprint density at radius 2 is 2.13 bits per heavy atom. The van der Waals surface area contributed by atoms with Crippen LogP contribution >= 0.6 is 0 Å². The van der Waals surface area contributed by atoms with Crippen LogP contribution in [-0.2, 0) is 18.3 Å². The Labute approximate surface area is 139 Å². The Morgan fingerprint density at radius 3 is 2.65 bits per heavy atom. The fraction of sp³-hybridized carbons (Fsp3) is 0.765. The van der Waals surface area contributed by atoms with E-state index in [0.717, 1.165) is 12.2 Å². The van der Waals surface area contributed by atoms with Gasteiger partial charge in [0.25, 0.3) is 0 Å². The Hall–Kier alpha value is -1.56. The van der Waals surface area contributed by atoms with Crippen molar-refractivity contribution in [2.75, 3.05) is 13.1 Å². The molecule has 1 N–H and O–H groups in total. The summed E-state index contributed by atoms with van der Waals surface area (Å²) in [6.07, 6.45) is 1.67. The van der Waals surface area contributed by atoms with Crippen molar-refractivity contribution < 1.29 is 9.53 Å². The molecule has 0 saturated carbocycles. The number of rotatable bonds is 3. The third-order valence-electron chi connectivity index (χ3n) is 4.47. The number of nitrogens with one attached hydrogen (secondary N) is 1. The lowest BCUT2D eigenvalue weighted by Crippen LogP contribution is -2.41. The maximum Gasteiger partial charge on any atom is 0.410 e. The normalized spacial score (nSPS) is 20.8. The van der Waals surface area contributed by atoms with Crippen molar-refractivity contribution in [2.45, 2.75) is 59.7 Å². The van der Waals surface area contributed by atoms with Gasteiger partial charge in [-0.2, -0.15) is 5.10 Å². The quantitative estimate of drug-likeness (QED) is 0.929. The number of amides is 1. The van der Waals surface area contributed by atoms with Crippen LogP contribution in [0.15, 0.2) is 6.20 Å². The van der Waals surface area contributed by atoms with Crippen LogP contribution in [-0.4, -0.2) is 45.5 Å². The van der Waals surface area contributed by atoms with Crippen LogP contribution in [0.5, 0.6) is 0 Å². The minimum Gasteiger partial charge on any atom is -0.444 e. The summed E-state index contributed by atoms with van der Waals surface area (Å²) in [6.45, 7) is 14.3. The highest BCUT2D eigenvalue weighted by Gasteiger charge is 2.42. The molecule has 1 aliphatic rings. The fourth-order valence-corrected chi connectivity index (χ4v) is 2.89. The summed E-state index contributed by atoms with van der Waals surface area (Å²) in [6, 6.07) is 0.231. The van der Waals surface area contributed by atoms with Crippen molar-refractivity contribution >= 4 is 6.09 Å². The molecular weight excluding hydrogens is 292 g/mol. The maximum absolute atomic E-state index is 12.3. The van der Waals surface area contributed by atoms with Gasteiger partial charge in [-0.15, -0.1) is 0 Å². The standard InChI is InChI=1S/C17H30N4O2/c1-12-13(9-19-20(12)7)8-18-14-10-21(11-17(14,5)6)15(22)23-16(2,3)4/h9,14,18H,8,10-11H2,1-7H3/t14-/m0/s1. The molecule has 1 fully saturated rings. The topological polar surface area (TPSA) is 59.4 Å². The number of carbonyl (C=O) groups excluding carboxylic acids is 1. The van der Waals surface area contributed by atoms with E-state index in [2.05, 4.69) is 31.2 Å². The molecule has 0 aliphatic carbocycles. The van der Waals surface area contributed by atoms with E-state index in [1.807, 2.05) is 38.7 Å². The first-order chi connectivity index (χ1) is 10.5. The van der Waals surface area contributed by atoms with Crippen LogP contribution in [0.1, 0.15) is 45.9 Å². The number of aryl methyl sites for hydroxylation is 1. The van der Waals surface area contributed by atoms with Crippen LogP contribution in [0.2, 0.25) is 0 Å². The van der Waals surface area contributed by atoms with Gasteiger partial charge in [0, 0.05) is 44.0 Å². The van der Waals surface area contributed by atoms with Gasteiger partial charge in [0.1, 0.15) is 5.60 Å². The van der Waals surface area contributed by atoms with E-state index in [4.69, 9.17) is 4.74 Å². The van der Waals surface area contributed by atoms with Gasteiger partial charge in [-0.25, -0.2) is 4.79 Å². The first kappa shape index (κ1) is 17.8. The smallest absolute Gasteiger partial charge is 0.410 e. The van der Waals surface area contributed by atoms with Gasteiger partial charge >= 0.3 is 6.09 Å². The number of ether oxygens (including phenoxy) is 1. The zero-order valence-electron chi connectivity index (χ0n) is 15.4. The van der Waals surface area contributed by atoms with Crippen molar-refractivity contribution in [1.29, 1.82) is 0 Å². The van der Waals surface area contributed by atoms with E-state index in [1.54, 1.807) is 4.90 Å². The van der Waals surface area contributed by atoms with Crippen LogP contribution in [0.3, 0.4) is 0 Å². The molecule has 6 nitrogen and oxygen atoms in total. The first-order valence-corrected chi connectivity index (χ1v) is 8.18. The number of likely N-dealkylation sites (tertiary alicyclic amines) is 1. The number of carbonyl (C=O) groups is 1. The summed E-state index contributed by atoms with van der Waals surface area (Å²) in [5.74, 6) is 0. The molecule has 1 aliphatic heterocycles. The highest BCUT2D eigenvalue weighted by Crippen LogP contribution is 2.31. The molecule has 2 heterocycles. The lowest BCUT2D eigenvalue weighted by molar-refractivity contribution is 0.0277. The highest BCUT2D eigenvalue weighted by atomic mass is 16.6. The van der Waals surface area contributed by atoms with Gasteiger partial charge in [0.05, 0.1) is 6.20 Å². The zero-order valence-corrected chi connectivity index (χ0v) is 15.4. The molecule has 1 aromatic heterocycles. The highest BCUT2D eigenvalue weighted by molar-refractivity contribution is 5.68. The van der Waals surface area contributed by atoms with Gasteiger partial charge in [-0.1, -0.05) is 13.8 Å². The predicted octanol–water partition coefficient (Wildman–Crippen LogP) is 2.46.